The lowest BCUT2D eigenvalue weighted by atomic mass is 10.0. The molecule has 4 rings (SSSR count). The fraction of sp³-hybridized carbons (Fsp3) is 0.120. The van der Waals surface area contributed by atoms with Gasteiger partial charge in [0.1, 0.15) is 17.2 Å². The topological polar surface area (TPSA) is 67.9 Å². The van der Waals surface area contributed by atoms with Crippen LogP contribution in [0.2, 0.25) is 0 Å². The highest BCUT2D eigenvalue weighted by atomic mass is 19.2. The normalized spacial score (nSPS) is 13.5. The van der Waals surface area contributed by atoms with Crippen LogP contribution >= 0.6 is 0 Å². The van der Waals surface area contributed by atoms with Gasteiger partial charge in [-0.25, -0.2) is 13.7 Å². The lowest BCUT2D eigenvalue weighted by molar-refractivity contribution is -0.120. The van der Waals surface area contributed by atoms with E-state index in [-0.39, 0.29) is 28.4 Å². The predicted octanol–water partition coefficient (Wildman–Crippen LogP) is 4.69. The van der Waals surface area contributed by atoms with E-state index >= 15 is 0 Å². The molecule has 33 heavy (non-hydrogen) atoms. The quantitative estimate of drug-likeness (QED) is 0.552. The fourth-order valence-electron chi connectivity index (χ4n) is 3.54. The van der Waals surface area contributed by atoms with E-state index in [2.05, 4.69) is 5.32 Å². The van der Waals surface area contributed by atoms with Crippen LogP contribution in [0, 0.1) is 18.6 Å². The number of carbonyl (C=O) groups is 2. The average molecular weight is 450 g/mol. The zero-order valence-electron chi connectivity index (χ0n) is 18.1. The summed E-state index contributed by atoms with van der Waals surface area (Å²) in [6.45, 7) is 1.90. The number of carbonyl (C=O) groups excluding carboxylic acids is 2. The Bertz CT molecular complexity index is 1290. The summed E-state index contributed by atoms with van der Waals surface area (Å²) in [7, 11) is 2.90. The maximum atomic E-state index is 13.8. The Balaban J connectivity index is 1.84. The van der Waals surface area contributed by atoms with E-state index in [1.165, 1.54) is 20.3 Å². The van der Waals surface area contributed by atoms with Crippen molar-refractivity contribution in [3.05, 3.63) is 89.1 Å². The number of hydrogen-bond donors (Lipinski definition) is 1. The monoisotopic (exact) mass is 450 g/mol. The number of methoxy groups -OCH3 is 2. The Labute approximate surface area is 189 Å². The number of amides is 2. The number of nitrogens with one attached hydrogen (secondary N) is 1. The molecule has 1 heterocycles. The summed E-state index contributed by atoms with van der Waals surface area (Å²) in [5, 5.41) is 2.81. The third kappa shape index (κ3) is 4.03. The van der Waals surface area contributed by atoms with Crippen molar-refractivity contribution in [1.82, 2.24) is 0 Å². The number of nitrogens with zero attached hydrogens (tertiary/aromatic N) is 1. The first-order chi connectivity index (χ1) is 15.8. The van der Waals surface area contributed by atoms with Gasteiger partial charge in [-0.2, -0.15) is 0 Å². The van der Waals surface area contributed by atoms with E-state index in [9.17, 15) is 18.4 Å². The summed E-state index contributed by atoms with van der Waals surface area (Å²) in [6, 6.07) is 14.9. The lowest BCUT2D eigenvalue weighted by Crippen LogP contribution is -2.32. The first-order valence-electron chi connectivity index (χ1n) is 9.98. The van der Waals surface area contributed by atoms with Gasteiger partial charge in [-0.3, -0.25) is 9.59 Å². The van der Waals surface area contributed by atoms with Gasteiger partial charge in [0.2, 0.25) is 0 Å². The van der Waals surface area contributed by atoms with Crippen LogP contribution in [0.5, 0.6) is 11.5 Å². The molecule has 0 saturated carbocycles. The minimum atomic E-state index is -1.08. The molecule has 168 valence electrons. The molecule has 0 spiro atoms. The van der Waals surface area contributed by atoms with Crippen molar-refractivity contribution >= 4 is 28.8 Å². The van der Waals surface area contributed by atoms with Crippen LogP contribution in [0.4, 0.5) is 20.2 Å². The van der Waals surface area contributed by atoms with Gasteiger partial charge < -0.3 is 14.8 Å². The van der Waals surface area contributed by atoms with E-state index in [0.717, 1.165) is 22.6 Å². The maximum Gasteiger partial charge on any atom is 0.282 e. The number of halogens is 2. The summed E-state index contributed by atoms with van der Waals surface area (Å²) < 4.78 is 37.7. The first kappa shape index (κ1) is 22.0. The molecule has 0 aliphatic carbocycles. The van der Waals surface area contributed by atoms with Gasteiger partial charge in [-0.1, -0.05) is 29.8 Å². The van der Waals surface area contributed by atoms with Gasteiger partial charge >= 0.3 is 0 Å². The molecule has 0 radical (unpaired) electrons. The molecule has 0 atom stereocenters. The summed E-state index contributed by atoms with van der Waals surface area (Å²) in [5.74, 6) is -2.61. The molecule has 8 heteroatoms. The highest BCUT2D eigenvalue weighted by molar-refractivity contribution is 6.46. The second-order valence-corrected chi connectivity index (χ2v) is 7.35. The average Bonchev–Trinajstić information content (AvgIpc) is 3.05. The summed E-state index contributed by atoms with van der Waals surface area (Å²) in [5.41, 5.74) is 1.85. The molecular formula is C25H20F2N2O4. The Kier molecular flexibility index (Phi) is 5.83. The molecule has 3 aromatic carbocycles. The van der Waals surface area contributed by atoms with Gasteiger partial charge in [0.25, 0.3) is 11.8 Å². The minimum Gasteiger partial charge on any atom is -0.497 e. The van der Waals surface area contributed by atoms with Crippen LogP contribution in [-0.4, -0.2) is 26.0 Å². The van der Waals surface area contributed by atoms with Crippen molar-refractivity contribution in [2.45, 2.75) is 6.92 Å². The third-order valence-electron chi connectivity index (χ3n) is 5.24. The van der Waals surface area contributed by atoms with Crippen LogP contribution in [0.15, 0.2) is 66.4 Å². The SMILES string of the molecule is COc1ccc(N2C(=O)C(Nc3ccc(F)c(F)c3)=C(c3ccc(C)cc3)C2=O)c(OC)c1. The molecule has 1 aliphatic heterocycles. The predicted molar refractivity (Wildman–Crippen MR) is 120 cm³/mol. The molecule has 6 nitrogen and oxygen atoms in total. The Hall–Kier alpha value is -4.20. The van der Waals surface area contributed by atoms with Gasteiger partial charge in [-0.05, 0) is 36.8 Å². The van der Waals surface area contributed by atoms with Gasteiger partial charge in [0, 0.05) is 17.8 Å². The lowest BCUT2D eigenvalue weighted by Gasteiger charge is -2.19. The smallest absolute Gasteiger partial charge is 0.282 e. The summed E-state index contributed by atoms with van der Waals surface area (Å²) >= 11 is 0. The van der Waals surface area contributed by atoms with Crippen LogP contribution in [0.1, 0.15) is 11.1 Å². The van der Waals surface area contributed by atoms with Crippen molar-refractivity contribution in [3.8, 4) is 11.5 Å². The van der Waals surface area contributed by atoms with Gasteiger partial charge in [-0.15, -0.1) is 0 Å². The zero-order chi connectivity index (χ0) is 23.7. The van der Waals surface area contributed by atoms with Gasteiger partial charge in [0.05, 0.1) is 25.5 Å². The molecule has 0 bridgehead atoms. The summed E-state index contributed by atoms with van der Waals surface area (Å²) in [6.07, 6.45) is 0. The highest BCUT2D eigenvalue weighted by Crippen LogP contribution is 2.39. The second-order valence-electron chi connectivity index (χ2n) is 7.35. The fourth-order valence-corrected chi connectivity index (χ4v) is 3.54. The number of hydrogen-bond acceptors (Lipinski definition) is 5. The van der Waals surface area contributed by atoms with Crippen LogP contribution in [-0.2, 0) is 9.59 Å². The third-order valence-corrected chi connectivity index (χ3v) is 5.24. The summed E-state index contributed by atoms with van der Waals surface area (Å²) in [4.78, 5) is 28.0. The highest BCUT2D eigenvalue weighted by Gasteiger charge is 2.41. The molecule has 0 aromatic heterocycles. The van der Waals surface area contributed by atoms with Crippen LogP contribution in [0.25, 0.3) is 5.57 Å². The Morgan fingerprint density at radius 1 is 0.818 bits per heavy atom. The van der Waals surface area contributed by atoms with E-state index in [1.807, 2.05) is 19.1 Å². The molecule has 1 N–H and O–H groups in total. The molecule has 3 aromatic rings. The van der Waals surface area contributed by atoms with E-state index in [1.54, 1.807) is 30.3 Å². The van der Waals surface area contributed by atoms with Crippen molar-refractivity contribution < 1.29 is 27.8 Å². The van der Waals surface area contributed by atoms with E-state index < -0.39 is 23.4 Å². The van der Waals surface area contributed by atoms with Crippen molar-refractivity contribution in [1.29, 1.82) is 0 Å². The Morgan fingerprint density at radius 3 is 2.18 bits per heavy atom. The van der Waals surface area contributed by atoms with Crippen LogP contribution < -0.4 is 19.7 Å². The number of benzene rings is 3. The molecule has 0 unspecified atom stereocenters. The van der Waals surface area contributed by atoms with Crippen molar-refractivity contribution in [3.63, 3.8) is 0 Å². The van der Waals surface area contributed by atoms with Crippen LogP contribution in [0.3, 0.4) is 0 Å². The van der Waals surface area contributed by atoms with Crippen molar-refractivity contribution in [2.24, 2.45) is 0 Å². The second kappa shape index (κ2) is 8.74. The number of aryl methyl sites for hydroxylation is 1. The number of rotatable bonds is 6. The molecule has 0 saturated heterocycles. The number of anilines is 2. The number of ether oxygens (including phenoxy) is 2. The van der Waals surface area contributed by atoms with E-state index in [0.29, 0.717) is 11.3 Å². The standard InChI is InChI=1S/C25H20F2N2O4/c1-14-4-6-15(7-5-14)22-23(28-16-8-10-18(26)19(27)12-16)25(31)29(24(22)30)20-11-9-17(32-2)13-21(20)33-3/h4-13,28H,1-3H3. The van der Waals surface area contributed by atoms with Crippen molar-refractivity contribution in [2.75, 3.05) is 24.4 Å². The molecule has 0 fully saturated rings. The van der Waals surface area contributed by atoms with E-state index in [4.69, 9.17) is 9.47 Å². The van der Waals surface area contributed by atoms with Gasteiger partial charge in [0.15, 0.2) is 11.6 Å². The number of imide groups is 1. The largest absolute Gasteiger partial charge is 0.497 e. The molecule has 2 amide bonds. The first-order valence-corrected chi connectivity index (χ1v) is 9.98. The zero-order valence-corrected chi connectivity index (χ0v) is 18.1. The minimum absolute atomic E-state index is 0.0623. The molecular weight excluding hydrogens is 430 g/mol. The Morgan fingerprint density at radius 2 is 1.55 bits per heavy atom. The maximum absolute atomic E-state index is 13.8. The molecule has 1 aliphatic rings.